The molecule has 1 aliphatic heterocycles. The van der Waals surface area contributed by atoms with Crippen molar-refractivity contribution in [2.45, 2.75) is 45.2 Å². The third-order valence-electron chi connectivity index (χ3n) is 6.64. The topological polar surface area (TPSA) is 81.2 Å². The van der Waals surface area contributed by atoms with Crippen LogP contribution in [0.2, 0.25) is 0 Å². The molecule has 0 aromatic carbocycles. The zero-order chi connectivity index (χ0) is 19.1. The van der Waals surface area contributed by atoms with E-state index in [0.717, 1.165) is 25.8 Å². The minimum Gasteiger partial charge on any atom is -0.353 e. The molecule has 7 heteroatoms. The molecule has 5 rings (SSSR count). The van der Waals surface area contributed by atoms with Gasteiger partial charge in [0.2, 0.25) is 5.43 Å². The Bertz CT molecular complexity index is 1040. The molecule has 2 N–H and O–H groups in total. The molecular weight excluding hydrogens is 347 g/mol. The van der Waals surface area contributed by atoms with Gasteiger partial charge in [-0.15, -0.1) is 0 Å². The lowest BCUT2D eigenvalue weighted by molar-refractivity contribution is 0.0771. The van der Waals surface area contributed by atoms with Crippen LogP contribution in [0.4, 0.5) is 10.2 Å². The second kappa shape index (κ2) is 5.38. The lowest BCUT2D eigenvalue weighted by atomic mass is 9.60. The molecule has 0 spiro atoms. The molecule has 1 saturated heterocycles. The number of halogens is 1. The van der Waals surface area contributed by atoms with Gasteiger partial charge in [-0.3, -0.25) is 9.59 Å². The number of nitrogens with zero attached hydrogens (tertiary/aromatic N) is 3. The maximum absolute atomic E-state index is 15.0. The van der Waals surface area contributed by atoms with Gasteiger partial charge in [0.15, 0.2) is 17.4 Å². The lowest BCUT2D eigenvalue weighted by Gasteiger charge is -2.46. The van der Waals surface area contributed by atoms with Crippen LogP contribution >= 0.6 is 0 Å². The van der Waals surface area contributed by atoms with Crippen molar-refractivity contribution in [3.63, 3.8) is 0 Å². The van der Waals surface area contributed by atoms with Gasteiger partial charge in [-0.2, -0.15) is 0 Å². The molecule has 3 atom stereocenters. The largest absolute Gasteiger partial charge is 0.353 e. The zero-order valence-electron chi connectivity index (χ0n) is 15.5. The molecule has 0 radical (unpaired) electrons. The number of anilines is 1. The number of fused-ring (bicyclic) bond motifs is 2. The monoisotopic (exact) mass is 370 g/mol. The summed E-state index contributed by atoms with van der Waals surface area (Å²) in [5.74, 6) is -0.185. The fourth-order valence-corrected chi connectivity index (χ4v) is 4.97. The first-order valence-electron chi connectivity index (χ1n) is 9.55. The first-order valence-corrected chi connectivity index (χ1v) is 9.55. The van der Waals surface area contributed by atoms with Gasteiger partial charge in [-0.05, 0) is 43.6 Å². The van der Waals surface area contributed by atoms with Crippen LogP contribution in [0.5, 0.6) is 0 Å². The Morgan fingerprint density at radius 3 is 2.74 bits per heavy atom. The number of carbonyl (C=O) groups excluding carboxylic acids is 1. The number of rotatable bonds is 3. The lowest BCUT2D eigenvalue weighted by Crippen LogP contribution is -2.53. The van der Waals surface area contributed by atoms with E-state index in [1.54, 1.807) is 6.20 Å². The minimum absolute atomic E-state index is 0.0982. The highest BCUT2D eigenvalue weighted by Crippen LogP contribution is 2.51. The maximum Gasteiger partial charge on any atom is 0.201 e. The summed E-state index contributed by atoms with van der Waals surface area (Å²) in [7, 11) is 0. The predicted octanol–water partition coefficient (Wildman–Crippen LogP) is 2.25. The summed E-state index contributed by atoms with van der Waals surface area (Å²) < 4.78 is 16.8. The van der Waals surface area contributed by atoms with Crippen molar-refractivity contribution in [3.05, 3.63) is 33.9 Å². The van der Waals surface area contributed by atoms with Gasteiger partial charge in [-0.1, -0.05) is 6.92 Å². The number of Topliss-reactive ketones (excluding diaryl/α,β-unsaturated/α-hetero) is 1. The Balaban J connectivity index is 1.67. The van der Waals surface area contributed by atoms with E-state index in [-0.39, 0.29) is 40.0 Å². The summed E-state index contributed by atoms with van der Waals surface area (Å²) >= 11 is 0. The molecule has 142 valence electrons. The van der Waals surface area contributed by atoms with Crippen LogP contribution in [0, 0.1) is 17.2 Å². The number of aromatic nitrogens is 2. The molecule has 3 aliphatic rings. The maximum atomic E-state index is 15.0. The van der Waals surface area contributed by atoms with E-state index >= 15 is 0 Å². The molecule has 0 amide bonds. The van der Waals surface area contributed by atoms with Gasteiger partial charge in [0.05, 0.1) is 10.9 Å². The fourth-order valence-electron chi connectivity index (χ4n) is 4.97. The highest BCUT2D eigenvalue weighted by molar-refractivity contribution is 5.97. The van der Waals surface area contributed by atoms with Crippen molar-refractivity contribution < 1.29 is 9.18 Å². The van der Waals surface area contributed by atoms with Gasteiger partial charge in [-0.25, -0.2) is 9.37 Å². The van der Waals surface area contributed by atoms with Crippen LogP contribution in [0.1, 0.15) is 49.5 Å². The quantitative estimate of drug-likeness (QED) is 0.838. The molecule has 2 aromatic rings. The van der Waals surface area contributed by atoms with E-state index in [2.05, 4.69) is 11.9 Å². The van der Waals surface area contributed by atoms with Crippen LogP contribution in [-0.4, -0.2) is 34.5 Å². The SMILES string of the molecule is CC(=O)c1cn(C2CC2)c2nc(N3C[C@H]4[C@@H](N)C[C@@]4(C)C3)c(F)cc2c1=O. The standard InChI is InChI=1S/C20H23FN4O2/c1-10(26)13-7-25(11-3-4-11)18-12(17(13)27)5-15(21)19(23-18)24-8-14-16(22)6-20(14,2)9-24/h5,7,11,14,16H,3-4,6,8-9,22H2,1-2H3/t14-,16-,20-/m0/s1. The van der Waals surface area contributed by atoms with Crippen molar-refractivity contribution in [1.29, 1.82) is 0 Å². The Kier molecular flexibility index (Phi) is 3.36. The molecule has 3 heterocycles. The minimum atomic E-state index is -0.513. The summed E-state index contributed by atoms with van der Waals surface area (Å²) in [4.78, 5) is 31.1. The van der Waals surface area contributed by atoms with Crippen LogP contribution in [0.3, 0.4) is 0 Å². The van der Waals surface area contributed by atoms with Crippen molar-refractivity contribution >= 4 is 22.6 Å². The summed E-state index contributed by atoms with van der Waals surface area (Å²) in [6.45, 7) is 4.97. The Morgan fingerprint density at radius 2 is 2.15 bits per heavy atom. The molecule has 2 aromatic heterocycles. The Morgan fingerprint density at radius 1 is 1.41 bits per heavy atom. The van der Waals surface area contributed by atoms with Gasteiger partial charge in [0.1, 0.15) is 5.65 Å². The molecule has 0 bridgehead atoms. The van der Waals surface area contributed by atoms with E-state index in [1.807, 2.05) is 9.47 Å². The molecule has 6 nitrogen and oxygen atoms in total. The second-order valence-corrected chi connectivity index (χ2v) is 8.74. The predicted molar refractivity (Wildman–Crippen MR) is 101 cm³/mol. The second-order valence-electron chi connectivity index (χ2n) is 8.74. The molecule has 2 aliphatic carbocycles. The average molecular weight is 370 g/mol. The zero-order valence-corrected chi connectivity index (χ0v) is 15.5. The third-order valence-corrected chi connectivity index (χ3v) is 6.64. The van der Waals surface area contributed by atoms with Crippen LogP contribution < -0.4 is 16.1 Å². The summed E-state index contributed by atoms with van der Waals surface area (Å²) in [5.41, 5.74) is 6.37. The molecule has 3 fully saturated rings. The van der Waals surface area contributed by atoms with Crippen molar-refractivity contribution in [1.82, 2.24) is 9.55 Å². The van der Waals surface area contributed by atoms with Crippen LogP contribution in [0.15, 0.2) is 17.1 Å². The number of carbonyl (C=O) groups is 1. The van der Waals surface area contributed by atoms with Crippen molar-refractivity contribution in [3.8, 4) is 0 Å². The number of ketones is 1. The van der Waals surface area contributed by atoms with E-state index in [0.29, 0.717) is 18.1 Å². The van der Waals surface area contributed by atoms with Gasteiger partial charge < -0.3 is 15.2 Å². The van der Waals surface area contributed by atoms with E-state index in [1.165, 1.54) is 13.0 Å². The van der Waals surface area contributed by atoms with Gasteiger partial charge in [0, 0.05) is 31.4 Å². The highest BCUT2D eigenvalue weighted by Gasteiger charge is 2.55. The highest BCUT2D eigenvalue weighted by atomic mass is 19.1. The number of hydrogen-bond donors (Lipinski definition) is 1. The Hall–Kier alpha value is -2.28. The average Bonchev–Trinajstić information content (AvgIpc) is 3.39. The van der Waals surface area contributed by atoms with E-state index in [9.17, 15) is 14.0 Å². The van der Waals surface area contributed by atoms with Crippen molar-refractivity contribution in [2.24, 2.45) is 17.1 Å². The molecule has 0 unspecified atom stereocenters. The summed E-state index contributed by atoms with van der Waals surface area (Å²) in [5, 5.41) is 0.181. The number of hydrogen-bond acceptors (Lipinski definition) is 5. The first-order chi connectivity index (χ1) is 12.8. The van der Waals surface area contributed by atoms with Crippen LogP contribution in [0.25, 0.3) is 11.0 Å². The summed E-state index contributed by atoms with van der Waals surface area (Å²) in [6.07, 6.45) is 4.49. The summed E-state index contributed by atoms with van der Waals surface area (Å²) in [6, 6.07) is 1.64. The van der Waals surface area contributed by atoms with Gasteiger partial charge >= 0.3 is 0 Å². The van der Waals surface area contributed by atoms with Gasteiger partial charge in [0.25, 0.3) is 0 Å². The third kappa shape index (κ3) is 2.37. The van der Waals surface area contributed by atoms with Crippen molar-refractivity contribution in [2.75, 3.05) is 18.0 Å². The Labute approximate surface area is 156 Å². The number of nitrogens with two attached hydrogens (primary N) is 1. The normalized spacial score (nSPS) is 29.7. The van der Waals surface area contributed by atoms with E-state index < -0.39 is 11.2 Å². The van der Waals surface area contributed by atoms with Crippen LogP contribution in [-0.2, 0) is 0 Å². The molecule has 27 heavy (non-hydrogen) atoms. The molecular formula is C20H23FN4O2. The fraction of sp³-hybridized carbons (Fsp3) is 0.550. The smallest absolute Gasteiger partial charge is 0.201 e. The first kappa shape index (κ1) is 16.9. The van der Waals surface area contributed by atoms with E-state index in [4.69, 9.17) is 5.73 Å². The molecule has 2 saturated carbocycles. The number of pyridine rings is 2.